The van der Waals surface area contributed by atoms with Gasteiger partial charge in [0.05, 0.1) is 5.75 Å². The van der Waals surface area contributed by atoms with Gasteiger partial charge in [0, 0.05) is 28.1 Å². The topological polar surface area (TPSA) is 59.8 Å². The molecule has 3 rings (SSSR count). The molecule has 1 aromatic carbocycles. The number of amides is 1. The molecule has 0 aliphatic heterocycles. The largest absolute Gasteiger partial charge is 0.325 e. The molecule has 0 atom stereocenters. The lowest BCUT2D eigenvalue weighted by molar-refractivity contribution is -0.113. The highest BCUT2D eigenvalue weighted by Gasteiger charge is 2.16. The Labute approximate surface area is 180 Å². The van der Waals surface area contributed by atoms with E-state index in [2.05, 4.69) is 40.5 Å². The molecule has 29 heavy (non-hydrogen) atoms. The number of rotatable bonds is 9. The first-order valence-corrected chi connectivity index (χ1v) is 11.5. The Bertz CT molecular complexity index is 1010. The first kappa shape index (κ1) is 21.3. The van der Waals surface area contributed by atoms with E-state index in [9.17, 15) is 4.79 Å². The van der Waals surface area contributed by atoms with Crippen LogP contribution >= 0.6 is 23.1 Å². The molecule has 0 aliphatic carbocycles. The van der Waals surface area contributed by atoms with Crippen molar-refractivity contribution in [2.75, 3.05) is 11.1 Å². The SMILES string of the molecule is C=CCn1c(SCC(=O)Nc2cc(C)ccc2C)nnc1-c1csc(CCC)c1. The molecule has 0 bridgehead atoms. The molecular weight excluding hydrogens is 400 g/mol. The summed E-state index contributed by atoms with van der Waals surface area (Å²) in [5.74, 6) is 1.04. The fourth-order valence-electron chi connectivity index (χ4n) is 2.97. The Morgan fingerprint density at radius 1 is 1.31 bits per heavy atom. The van der Waals surface area contributed by atoms with Gasteiger partial charge in [-0.15, -0.1) is 28.1 Å². The van der Waals surface area contributed by atoms with Crippen molar-refractivity contribution in [3.8, 4) is 11.4 Å². The van der Waals surface area contributed by atoms with Crippen molar-refractivity contribution in [2.45, 2.75) is 45.3 Å². The molecular formula is C22H26N4OS2. The quantitative estimate of drug-likeness (QED) is 0.363. The summed E-state index contributed by atoms with van der Waals surface area (Å²) in [6.07, 6.45) is 4.02. The number of hydrogen-bond acceptors (Lipinski definition) is 5. The predicted octanol–water partition coefficient (Wildman–Crippen LogP) is 5.49. The summed E-state index contributed by atoms with van der Waals surface area (Å²) < 4.78 is 2.01. The molecule has 0 spiro atoms. The number of nitrogens with zero attached hydrogens (tertiary/aromatic N) is 3. The number of carbonyl (C=O) groups excluding carboxylic acids is 1. The van der Waals surface area contributed by atoms with Gasteiger partial charge in [-0.2, -0.15) is 0 Å². The number of allylic oxidation sites excluding steroid dienone is 1. The van der Waals surface area contributed by atoms with Gasteiger partial charge in [-0.1, -0.05) is 43.3 Å². The van der Waals surface area contributed by atoms with Crippen LogP contribution in [0.3, 0.4) is 0 Å². The van der Waals surface area contributed by atoms with Gasteiger partial charge in [0.1, 0.15) is 0 Å². The fraction of sp³-hybridized carbons (Fsp3) is 0.318. The van der Waals surface area contributed by atoms with Gasteiger partial charge in [0.25, 0.3) is 0 Å². The van der Waals surface area contributed by atoms with E-state index in [1.54, 1.807) is 11.3 Å². The van der Waals surface area contributed by atoms with Gasteiger partial charge in [0.15, 0.2) is 11.0 Å². The minimum absolute atomic E-state index is 0.0563. The lowest BCUT2D eigenvalue weighted by atomic mass is 10.1. The standard InChI is InChI=1S/C22H26N4OS2/c1-5-7-18-12-17(13-28-18)21-24-25-22(26(21)10-6-2)29-14-20(27)23-19-11-15(3)8-9-16(19)4/h6,8-9,11-13H,2,5,7,10,14H2,1,3-4H3,(H,23,27). The first-order valence-electron chi connectivity index (χ1n) is 9.63. The molecule has 2 aromatic heterocycles. The van der Waals surface area contributed by atoms with Crippen LogP contribution in [-0.4, -0.2) is 26.4 Å². The van der Waals surface area contributed by atoms with Crippen molar-refractivity contribution in [3.05, 3.63) is 58.3 Å². The van der Waals surface area contributed by atoms with Gasteiger partial charge in [0.2, 0.25) is 5.91 Å². The van der Waals surface area contributed by atoms with Crippen LogP contribution in [0, 0.1) is 13.8 Å². The average Bonchev–Trinajstić information content (AvgIpc) is 3.31. The molecule has 0 unspecified atom stereocenters. The Kier molecular flexibility index (Phi) is 7.28. The zero-order chi connectivity index (χ0) is 20.8. The zero-order valence-electron chi connectivity index (χ0n) is 17.1. The smallest absolute Gasteiger partial charge is 0.234 e. The third-order valence-electron chi connectivity index (χ3n) is 4.44. The molecule has 5 nitrogen and oxygen atoms in total. The summed E-state index contributed by atoms with van der Waals surface area (Å²) in [7, 11) is 0. The summed E-state index contributed by atoms with van der Waals surface area (Å²) >= 11 is 3.14. The Morgan fingerprint density at radius 3 is 2.90 bits per heavy atom. The molecule has 0 fully saturated rings. The van der Waals surface area contributed by atoms with E-state index in [-0.39, 0.29) is 11.7 Å². The number of aryl methyl sites for hydroxylation is 3. The van der Waals surface area contributed by atoms with Gasteiger partial charge in [-0.25, -0.2) is 0 Å². The number of nitrogens with one attached hydrogen (secondary N) is 1. The second kappa shape index (κ2) is 9.89. The molecule has 7 heteroatoms. The second-order valence-corrected chi connectivity index (χ2v) is 8.85. The third kappa shape index (κ3) is 5.36. The normalized spacial score (nSPS) is 10.9. The number of hydrogen-bond donors (Lipinski definition) is 1. The first-order chi connectivity index (χ1) is 14.0. The summed E-state index contributed by atoms with van der Waals surface area (Å²) in [6.45, 7) is 10.6. The highest BCUT2D eigenvalue weighted by Crippen LogP contribution is 2.28. The van der Waals surface area contributed by atoms with Crippen LogP contribution in [0.15, 0.2) is 47.5 Å². The van der Waals surface area contributed by atoms with Crippen LogP contribution in [0.5, 0.6) is 0 Å². The molecule has 2 heterocycles. The monoisotopic (exact) mass is 426 g/mol. The van der Waals surface area contributed by atoms with Crippen molar-refractivity contribution in [1.82, 2.24) is 14.8 Å². The minimum Gasteiger partial charge on any atom is -0.325 e. The molecule has 1 amide bonds. The lowest BCUT2D eigenvalue weighted by Crippen LogP contribution is -2.15. The maximum atomic E-state index is 12.5. The van der Waals surface area contributed by atoms with E-state index in [1.165, 1.54) is 16.6 Å². The third-order valence-corrected chi connectivity index (χ3v) is 6.40. The molecule has 0 aliphatic rings. The van der Waals surface area contributed by atoms with Crippen LogP contribution in [-0.2, 0) is 17.8 Å². The zero-order valence-corrected chi connectivity index (χ0v) is 18.7. The van der Waals surface area contributed by atoms with Gasteiger partial charge in [-0.05, 0) is 43.5 Å². The van der Waals surface area contributed by atoms with E-state index in [0.717, 1.165) is 46.2 Å². The average molecular weight is 427 g/mol. The van der Waals surface area contributed by atoms with Crippen LogP contribution < -0.4 is 5.32 Å². The van der Waals surface area contributed by atoms with Crippen LogP contribution in [0.1, 0.15) is 29.3 Å². The highest BCUT2D eigenvalue weighted by molar-refractivity contribution is 7.99. The second-order valence-electron chi connectivity index (χ2n) is 6.91. The van der Waals surface area contributed by atoms with E-state index in [1.807, 2.05) is 42.7 Å². The maximum Gasteiger partial charge on any atom is 0.234 e. The van der Waals surface area contributed by atoms with E-state index in [0.29, 0.717) is 6.54 Å². The summed E-state index contributed by atoms with van der Waals surface area (Å²) in [6, 6.07) is 8.22. The number of benzene rings is 1. The van der Waals surface area contributed by atoms with Crippen molar-refractivity contribution in [3.63, 3.8) is 0 Å². The summed E-state index contributed by atoms with van der Waals surface area (Å²) in [5, 5.41) is 14.6. The molecule has 152 valence electrons. The number of thiophene rings is 1. The van der Waals surface area contributed by atoms with Gasteiger partial charge >= 0.3 is 0 Å². The van der Waals surface area contributed by atoms with Crippen molar-refractivity contribution >= 4 is 34.7 Å². The van der Waals surface area contributed by atoms with E-state index in [4.69, 9.17) is 0 Å². The Balaban J connectivity index is 1.71. The molecule has 0 saturated carbocycles. The lowest BCUT2D eigenvalue weighted by Gasteiger charge is -2.10. The molecule has 3 aromatic rings. The Morgan fingerprint density at radius 2 is 2.14 bits per heavy atom. The fourth-order valence-corrected chi connectivity index (χ4v) is 4.68. The van der Waals surface area contributed by atoms with Crippen LogP contribution in [0.4, 0.5) is 5.69 Å². The summed E-state index contributed by atoms with van der Waals surface area (Å²) in [5.41, 5.74) is 4.09. The van der Waals surface area contributed by atoms with Gasteiger partial charge < -0.3 is 5.32 Å². The van der Waals surface area contributed by atoms with Crippen molar-refractivity contribution in [1.29, 1.82) is 0 Å². The van der Waals surface area contributed by atoms with Gasteiger partial charge in [-0.3, -0.25) is 9.36 Å². The van der Waals surface area contributed by atoms with Crippen LogP contribution in [0.25, 0.3) is 11.4 Å². The molecule has 0 saturated heterocycles. The number of aromatic nitrogens is 3. The molecule has 1 N–H and O–H groups in total. The van der Waals surface area contributed by atoms with Crippen LogP contribution in [0.2, 0.25) is 0 Å². The molecule has 0 radical (unpaired) electrons. The van der Waals surface area contributed by atoms with E-state index < -0.39 is 0 Å². The number of anilines is 1. The Hall–Kier alpha value is -2.38. The minimum atomic E-state index is -0.0563. The number of carbonyl (C=O) groups is 1. The predicted molar refractivity (Wildman–Crippen MR) is 123 cm³/mol. The highest BCUT2D eigenvalue weighted by atomic mass is 32.2. The van der Waals surface area contributed by atoms with E-state index >= 15 is 0 Å². The van der Waals surface area contributed by atoms with Crippen molar-refractivity contribution in [2.24, 2.45) is 0 Å². The summed E-state index contributed by atoms with van der Waals surface area (Å²) in [4.78, 5) is 13.8. The number of thioether (sulfide) groups is 1. The maximum absolute atomic E-state index is 12.5. The van der Waals surface area contributed by atoms with Crippen molar-refractivity contribution < 1.29 is 4.79 Å².